The first-order valence-corrected chi connectivity index (χ1v) is 4.34. The monoisotopic (exact) mass is 151 g/mol. The van der Waals surface area contributed by atoms with Gasteiger partial charge in [0.15, 0.2) is 0 Å². The first kappa shape index (κ1) is 6.89. The number of carbonyl (C=O) groups is 1. The van der Waals surface area contributed by atoms with Gasteiger partial charge in [-0.3, -0.25) is 4.79 Å². The van der Waals surface area contributed by atoms with Gasteiger partial charge in [-0.05, 0) is 25.7 Å². The van der Waals surface area contributed by atoms with E-state index in [2.05, 4.69) is 0 Å². The lowest BCUT2D eigenvalue weighted by molar-refractivity contribution is -0.120. The Labute approximate surface area is 66.9 Å². The van der Waals surface area contributed by atoms with Crippen LogP contribution in [0.2, 0.25) is 0 Å². The highest BCUT2D eigenvalue weighted by molar-refractivity contribution is 5.89. The SMILES string of the molecule is O=C(C=C1CCCC1)N1CC1. The molecular formula is C9H13NO. The molecule has 0 radical (unpaired) electrons. The number of rotatable bonds is 1. The summed E-state index contributed by atoms with van der Waals surface area (Å²) < 4.78 is 0. The molecule has 0 N–H and O–H groups in total. The third kappa shape index (κ3) is 1.62. The van der Waals surface area contributed by atoms with Gasteiger partial charge in [0.2, 0.25) is 5.91 Å². The van der Waals surface area contributed by atoms with Crippen molar-refractivity contribution in [1.82, 2.24) is 4.90 Å². The Morgan fingerprint density at radius 3 is 2.45 bits per heavy atom. The second-order valence-corrected chi connectivity index (χ2v) is 3.33. The van der Waals surface area contributed by atoms with Crippen molar-refractivity contribution < 1.29 is 4.79 Å². The van der Waals surface area contributed by atoms with Gasteiger partial charge in [0, 0.05) is 19.2 Å². The number of allylic oxidation sites excluding steroid dienone is 1. The summed E-state index contributed by atoms with van der Waals surface area (Å²) in [5.41, 5.74) is 1.36. The topological polar surface area (TPSA) is 20.1 Å². The lowest BCUT2D eigenvalue weighted by Crippen LogP contribution is -2.06. The summed E-state index contributed by atoms with van der Waals surface area (Å²) in [6.07, 6.45) is 6.71. The summed E-state index contributed by atoms with van der Waals surface area (Å²) in [6.45, 7) is 1.95. The molecule has 0 aromatic rings. The van der Waals surface area contributed by atoms with Crippen LogP contribution in [0, 0.1) is 0 Å². The molecule has 1 amide bonds. The molecule has 1 saturated carbocycles. The highest BCUT2D eigenvalue weighted by atomic mass is 16.2. The van der Waals surface area contributed by atoms with E-state index >= 15 is 0 Å². The molecule has 2 fully saturated rings. The van der Waals surface area contributed by atoms with Crippen LogP contribution in [0.4, 0.5) is 0 Å². The fourth-order valence-corrected chi connectivity index (χ4v) is 1.51. The molecule has 2 heteroatoms. The van der Waals surface area contributed by atoms with Crippen molar-refractivity contribution in [3.63, 3.8) is 0 Å². The normalized spacial score (nSPS) is 22.2. The van der Waals surface area contributed by atoms with Gasteiger partial charge in [0.25, 0.3) is 0 Å². The average Bonchev–Trinajstić information content (AvgIpc) is 2.73. The van der Waals surface area contributed by atoms with Gasteiger partial charge in [0.1, 0.15) is 0 Å². The average molecular weight is 151 g/mol. The van der Waals surface area contributed by atoms with Crippen LogP contribution in [0.1, 0.15) is 25.7 Å². The zero-order chi connectivity index (χ0) is 7.68. The zero-order valence-corrected chi connectivity index (χ0v) is 6.68. The predicted octanol–water partition coefficient (Wildman–Crippen LogP) is 1.33. The predicted molar refractivity (Wildman–Crippen MR) is 43.1 cm³/mol. The maximum Gasteiger partial charge on any atom is 0.246 e. The van der Waals surface area contributed by atoms with Gasteiger partial charge in [0.05, 0.1) is 0 Å². The molecule has 1 aliphatic heterocycles. The molecule has 60 valence electrons. The second kappa shape index (κ2) is 2.68. The third-order valence-corrected chi connectivity index (χ3v) is 2.33. The van der Waals surface area contributed by atoms with E-state index < -0.39 is 0 Å². The fourth-order valence-electron chi connectivity index (χ4n) is 1.51. The van der Waals surface area contributed by atoms with E-state index in [-0.39, 0.29) is 5.91 Å². The minimum absolute atomic E-state index is 0.238. The third-order valence-electron chi connectivity index (χ3n) is 2.33. The van der Waals surface area contributed by atoms with E-state index in [9.17, 15) is 4.79 Å². The minimum atomic E-state index is 0.238. The minimum Gasteiger partial charge on any atom is -0.336 e. The van der Waals surface area contributed by atoms with E-state index in [4.69, 9.17) is 0 Å². The fraction of sp³-hybridized carbons (Fsp3) is 0.667. The quantitative estimate of drug-likeness (QED) is 0.409. The highest BCUT2D eigenvalue weighted by Crippen LogP contribution is 2.24. The Morgan fingerprint density at radius 2 is 1.91 bits per heavy atom. The summed E-state index contributed by atoms with van der Waals surface area (Å²) in [5, 5.41) is 0. The van der Waals surface area contributed by atoms with Crippen LogP contribution >= 0.6 is 0 Å². The molecular weight excluding hydrogens is 138 g/mol. The van der Waals surface area contributed by atoms with Gasteiger partial charge in [-0.15, -0.1) is 0 Å². The van der Waals surface area contributed by atoms with E-state index in [1.54, 1.807) is 0 Å². The molecule has 11 heavy (non-hydrogen) atoms. The van der Waals surface area contributed by atoms with Gasteiger partial charge in [-0.2, -0.15) is 0 Å². The molecule has 0 atom stereocenters. The molecule has 0 unspecified atom stereocenters. The molecule has 0 aromatic heterocycles. The van der Waals surface area contributed by atoms with Crippen LogP contribution in [0.25, 0.3) is 0 Å². The molecule has 2 rings (SSSR count). The Kier molecular flexibility index (Phi) is 1.68. The molecule has 0 bridgehead atoms. The number of amides is 1. The van der Waals surface area contributed by atoms with Crippen molar-refractivity contribution in [3.05, 3.63) is 11.6 Å². The lowest BCUT2D eigenvalue weighted by Gasteiger charge is -1.96. The van der Waals surface area contributed by atoms with E-state index in [0.29, 0.717) is 0 Å². The van der Waals surface area contributed by atoms with Crippen molar-refractivity contribution >= 4 is 5.91 Å². The van der Waals surface area contributed by atoms with Gasteiger partial charge < -0.3 is 4.90 Å². The van der Waals surface area contributed by atoms with Gasteiger partial charge in [-0.1, -0.05) is 5.57 Å². The number of carbonyl (C=O) groups excluding carboxylic acids is 1. The summed E-state index contributed by atoms with van der Waals surface area (Å²) >= 11 is 0. The van der Waals surface area contributed by atoms with Gasteiger partial charge in [-0.25, -0.2) is 0 Å². The van der Waals surface area contributed by atoms with Crippen LogP contribution in [-0.4, -0.2) is 23.9 Å². The smallest absolute Gasteiger partial charge is 0.246 e. The summed E-state index contributed by atoms with van der Waals surface area (Å²) in [5.74, 6) is 0.238. The molecule has 1 aliphatic carbocycles. The summed E-state index contributed by atoms with van der Waals surface area (Å²) in [4.78, 5) is 13.1. The van der Waals surface area contributed by atoms with E-state index in [1.807, 2.05) is 11.0 Å². The highest BCUT2D eigenvalue weighted by Gasteiger charge is 2.22. The summed E-state index contributed by atoms with van der Waals surface area (Å²) in [7, 11) is 0. The Balaban J connectivity index is 1.94. The summed E-state index contributed by atoms with van der Waals surface area (Å²) in [6, 6.07) is 0. The van der Waals surface area contributed by atoms with Crippen LogP contribution in [0.5, 0.6) is 0 Å². The van der Waals surface area contributed by atoms with Crippen molar-refractivity contribution in [3.8, 4) is 0 Å². The first-order chi connectivity index (χ1) is 5.36. The molecule has 0 spiro atoms. The standard InChI is InChI=1S/C9H13NO/c11-9(10-5-6-10)7-8-3-1-2-4-8/h7H,1-6H2. The van der Waals surface area contributed by atoms with Crippen molar-refractivity contribution in [1.29, 1.82) is 0 Å². The van der Waals surface area contributed by atoms with Crippen LogP contribution in [0.3, 0.4) is 0 Å². The largest absolute Gasteiger partial charge is 0.336 e. The Bertz CT molecular complexity index is 196. The number of hydrogen-bond donors (Lipinski definition) is 0. The molecule has 2 aliphatic rings. The Hall–Kier alpha value is -0.790. The zero-order valence-electron chi connectivity index (χ0n) is 6.68. The maximum absolute atomic E-state index is 11.2. The van der Waals surface area contributed by atoms with Crippen LogP contribution < -0.4 is 0 Å². The molecule has 0 aromatic carbocycles. The van der Waals surface area contributed by atoms with Crippen molar-refractivity contribution in [2.75, 3.05) is 13.1 Å². The second-order valence-electron chi connectivity index (χ2n) is 3.33. The maximum atomic E-state index is 11.2. The van der Waals surface area contributed by atoms with E-state index in [0.717, 1.165) is 25.9 Å². The van der Waals surface area contributed by atoms with Crippen molar-refractivity contribution in [2.24, 2.45) is 0 Å². The van der Waals surface area contributed by atoms with Crippen LogP contribution in [-0.2, 0) is 4.79 Å². The molecule has 1 heterocycles. The first-order valence-electron chi connectivity index (χ1n) is 4.34. The Morgan fingerprint density at radius 1 is 1.27 bits per heavy atom. The van der Waals surface area contributed by atoms with Gasteiger partial charge >= 0.3 is 0 Å². The van der Waals surface area contributed by atoms with Crippen LogP contribution in [0.15, 0.2) is 11.6 Å². The number of nitrogens with zero attached hydrogens (tertiary/aromatic N) is 1. The van der Waals surface area contributed by atoms with Crippen molar-refractivity contribution in [2.45, 2.75) is 25.7 Å². The molecule has 1 saturated heterocycles. The number of hydrogen-bond acceptors (Lipinski definition) is 1. The molecule has 2 nitrogen and oxygen atoms in total. The lowest BCUT2D eigenvalue weighted by atomic mass is 10.2. The van der Waals surface area contributed by atoms with E-state index in [1.165, 1.54) is 18.4 Å².